The van der Waals surface area contributed by atoms with Crippen LogP contribution in [0, 0.1) is 6.92 Å². The van der Waals surface area contributed by atoms with Gasteiger partial charge in [-0.25, -0.2) is 0 Å². The zero-order valence-corrected chi connectivity index (χ0v) is 12.4. The summed E-state index contributed by atoms with van der Waals surface area (Å²) >= 11 is 8.05. The second-order valence-electron chi connectivity index (χ2n) is 4.43. The highest BCUT2D eigenvalue weighted by Gasteiger charge is 2.04. The maximum atomic E-state index is 6.23. The number of hydrogen-bond donors (Lipinski definition) is 1. The number of thiophene rings is 1. The van der Waals surface area contributed by atoms with E-state index in [1.54, 1.807) is 0 Å². The fourth-order valence-corrected chi connectivity index (χ4v) is 2.93. The molecule has 96 valence electrons. The summed E-state index contributed by atoms with van der Waals surface area (Å²) in [6, 6.07) is 10.4. The Morgan fingerprint density at radius 3 is 2.56 bits per heavy atom. The van der Waals surface area contributed by atoms with Crippen LogP contribution in [-0.4, -0.2) is 14.1 Å². The topological polar surface area (TPSA) is 15.3 Å². The smallest absolute Gasteiger partial charge is 0.0659 e. The lowest BCUT2D eigenvalue weighted by Gasteiger charge is -2.15. The van der Waals surface area contributed by atoms with Crippen LogP contribution in [0.25, 0.3) is 0 Å². The Labute approximate surface area is 117 Å². The van der Waals surface area contributed by atoms with Crippen LogP contribution in [0.1, 0.15) is 9.75 Å². The van der Waals surface area contributed by atoms with Crippen molar-refractivity contribution in [3.63, 3.8) is 0 Å². The second-order valence-corrected chi connectivity index (χ2v) is 6.21. The molecule has 0 saturated heterocycles. The van der Waals surface area contributed by atoms with Crippen LogP contribution in [-0.2, 0) is 6.54 Å². The van der Waals surface area contributed by atoms with Gasteiger partial charge in [0, 0.05) is 36.1 Å². The van der Waals surface area contributed by atoms with Gasteiger partial charge in [-0.2, -0.15) is 0 Å². The molecule has 0 spiro atoms. The minimum atomic E-state index is 0.771. The van der Waals surface area contributed by atoms with Gasteiger partial charge in [0.05, 0.1) is 10.7 Å². The number of nitrogens with one attached hydrogen (secondary N) is 1. The van der Waals surface area contributed by atoms with E-state index in [0.717, 1.165) is 22.9 Å². The quantitative estimate of drug-likeness (QED) is 0.894. The fourth-order valence-electron chi connectivity index (χ4n) is 1.75. The highest BCUT2D eigenvalue weighted by Crippen LogP contribution is 2.27. The van der Waals surface area contributed by atoms with Crippen LogP contribution in [0.4, 0.5) is 11.4 Å². The molecule has 0 fully saturated rings. The minimum absolute atomic E-state index is 0.771. The minimum Gasteiger partial charge on any atom is -0.380 e. The lowest BCUT2D eigenvalue weighted by atomic mass is 10.2. The lowest BCUT2D eigenvalue weighted by molar-refractivity contribution is 1.13. The molecule has 1 aromatic heterocycles. The summed E-state index contributed by atoms with van der Waals surface area (Å²) in [5.74, 6) is 0. The molecule has 0 aliphatic carbocycles. The first-order valence-corrected chi connectivity index (χ1v) is 7.02. The SMILES string of the molecule is Cc1ccc(CNc2ccc(N(C)C)c(Cl)c2)s1. The predicted octanol–water partition coefficient (Wildman–Crippen LogP) is 4.39. The van der Waals surface area contributed by atoms with E-state index in [-0.39, 0.29) is 0 Å². The average molecular weight is 281 g/mol. The maximum Gasteiger partial charge on any atom is 0.0659 e. The summed E-state index contributed by atoms with van der Waals surface area (Å²) in [5.41, 5.74) is 2.09. The van der Waals surface area contributed by atoms with Gasteiger partial charge in [0.1, 0.15) is 0 Å². The Morgan fingerprint density at radius 1 is 1.22 bits per heavy atom. The van der Waals surface area contributed by atoms with Crippen LogP contribution in [0.5, 0.6) is 0 Å². The van der Waals surface area contributed by atoms with Gasteiger partial charge >= 0.3 is 0 Å². The molecule has 0 radical (unpaired) electrons. The van der Waals surface area contributed by atoms with E-state index in [0.29, 0.717) is 0 Å². The molecule has 0 amide bonds. The molecule has 1 heterocycles. The third-order valence-electron chi connectivity index (χ3n) is 2.69. The van der Waals surface area contributed by atoms with Crippen LogP contribution in [0.3, 0.4) is 0 Å². The summed E-state index contributed by atoms with van der Waals surface area (Å²) in [6.45, 7) is 2.97. The Kier molecular flexibility index (Phi) is 4.15. The molecule has 18 heavy (non-hydrogen) atoms. The van der Waals surface area contributed by atoms with Gasteiger partial charge < -0.3 is 10.2 Å². The molecular weight excluding hydrogens is 264 g/mol. The first kappa shape index (κ1) is 13.2. The number of halogens is 1. The summed E-state index contributed by atoms with van der Waals surface area (Å²) < 4.78 is 0. The molecular formula is C14H17ClN2S. The maximum absolute atomic E-state index is 6.23. The molecule has 2 aromatic rings. The van der Waals surface area contributed by atoms with E-state index in [1.807, 2.05) is 42.5 Å². The van der Waals surface area contributed by atoms with Gasteiger partial charge in [-0.05, 0) is 37.3 Å². The lowest BCUT2D eigenvalue weighted by Crippen LogP contribution is -2.09. The molecule has 0 atom stereocenters. The normalized spacial score (nSPS) is 10.4. The number of aryl methyl sites for hydroxylation is 1. The molecule has 0 unspecified atom stereocenters. The average Bonchev–Trinajstić information content (AvgIpc) is 2.72. The summed E-state index contributed by atoms with van der Waals surface area (Å²) in [6.07, 6.45) is 0. The Morgan fingerprint density at radius 2 is 2.00 bits per heavy atom. The van der Waals surface area contributed by atoms with Crippen LogP contribution in [0.2, 0.25) is 5.02 Å². The van der Waals surface area contributed by atoms with Gasteiger partial charge in [0.25, 0.3) is 0 Å². The van der Waals surface area contributed by atoms with Crippen molar-refractivity contribution in [2.24, 2.45) is 0 Å². The van der Waals surface area contributed by atoms with Gasteiger partial charge in [-0.3, -0.25) is 0 Å². The van der Waals surface area contributed by atoms with E-state index in [9.17, 15) is 0 Å². The van der Waals surface area contributed by atoms with Crippen molar-refractivity contribution in [3.05, 3.63) is 45.1 Å². The number of anilines is 2. The van der Waals surface area contributed by atoms with E-state index >= 15 is 0 Å². The van der Waals surface area contributed by atoms with Crippen molar-refractivity contribution in [2.45, 2.75) is 13.5 Å². The standard InChI is InChI=1S/C14H17ClN2S/c1-10-4-6-12(18-10)9-16-11-5-7-14(17(2)3)13(15)8-11/h4-8,16H,9H2,1-3H3. The highest BCUT2D eigenvalue weighted by molar-refractivity contribution is 7.11. The van der Waals surface area contributed by atoms with Gasteiger partial charge in [0.2, 0.25) is 0 Å². The first-order chi connectivity index (χ1) is 8.56. The number of hydrogen-bond acceptors (Lipinski definition) is 3. The van der Waals surface area contributed by atoms with Gasteiger partial charge in [-0.1, -0.05) is 11.6 Å². The van der Waals surface area contributed by atoms with Crippen LogP contribution < -0.4 is 10.2 Å². The Balaban J connectivity index is 2.04. The third-order valence-corrected chi connectivity index (χ3v) is 4.00. The van der Waals surface area contributed by atoms with Crippen molar-refractivity contribution >= 4 is 34.3 Å². The van der Waals surface area contributed by atoms with E-state index in [4.69, 9.17) is 11.6 Å². The van der Waals surface area contributed by atoms with Crippen molar-refractivity contribution in [1.29, 1.82) is 0 Å². The van der Waals surface area contributed by atoms with Crippen LogP contribution >= 0.6 is 22.9 Å². The van der Waals surface area contributed by atoms with E-state index in [1.165, 1.54) is 9.75 Å². The molecule has 0 aliphatic heterocycles. The first-order valence-electron chi connectivity index (χ1n) is 5.82. The van der Waals surface area contributed by atoms with E-state index in [2.05, 4.69) is 30.4 Å². The summed E-state index contributed by atoms with van der Waals surface area (Å²) in [7, 11) is 3.98. The van der Waals surface area contributed by atoms with Crippen molar-refractivity contribution < 1.29 is 0 Å². The molecule has 0 saturated carbocycles. The zero-order chi connectivity index (χ0) is 13.1. The Hall–Kier alpha value is -1.19. The van der Waals surface area contributed by atoms with Gasteiger partial charge in [-0.15, -0.1) is 11.3 Å². The van der Waals surface area contributed by atoms with Crippen LogP contribution in [0.15, 0.2) is 30.3 Å². The van der Waals surface area contributed by atoms with E-state index < -0.39 is 0 Å². The van der Waals surface area contributed by atoms with Gasteiger partial charge in [0.15, 0.2) is 0 Å². The van der Waals surface area contributed by atoms with Crippen molar-refractivity contribution in [2.75, 3.05) is 24.3 Å². The third kappa shape index (κ3) is 3.18. The summed E-state index contributed by atoms with van der Waals surface area (Å²) in [4.78, 5) is 4.68. The molecule has 2 rings (SSSR count). The number of benzene rings is 1. The highest BCUT2D eigenvalue weighted by atomic mass is 35.5. The number of nitrogens with zero attached hydrogens (tertiary/aromatic N) is 1. The monoisotopic (exact) mass is 280 g/mol. The molecule has 1 N–H and O–H groups in total. The largest absolute Gasteiger partial charge is 0.380 e. The molecule has 1 aromatic carbocycles. The molecule has 0 aliphatic rings. The zero-order valence-electron chi connectivity index (χ0n) is 10.8. The second kappa shape index (κ2) is 5.63. The molecule has 2 nitrogen and oxygen atoms in total. The van der Waals surface area contributed by atoms with Crippen molar-refractivity contribution in [3.8, 4) is 0 Å². The fraction of sp³-hybridized carbons (Fsp3) is 0.286. The predicted molar refractivity (Wildman–Crippen MR) is 82.2 cm³/mol. The summed E-state index contributed by atoms with van der Waals surface area (Å²) in [5, 5.41) is 4.16. The van der Waals surface area contributed by atoms with Crippen molar-refractivity contribution in [1.82, 2.24) is 0 Å². The Bertz CT molecular complexity index is 534. The molecule has 0 bridgehead atoms. The molecule has 4 heteroatoms. The number of rotatable bonds is 4.